The van der Waals surface area contributed by atoms with Gasteiger partial charge in [0.15, 0.2) is 0 Å². The molecule has 1 amide bonds. The molecule has 2 rings (SSSR count). The molecule has 0 unspecified atom stereocenters. The van der Waals surface area contributed by atoms with E-state index in [4.69, 9.17) is 5.26 Å². The predicted octanol–water partition coefficient (Wildman–Crippen LogP) is 1.98. The minimum absolute atomic E-state index is 0.00760. The molecule has 0 spiro atoms. The molecular weight excluding hydrogens is 234 g/mol. The van der Waals surface area contributed by atoms with Crippen molar-refractivity contribution in [3.8, 4) is 6.07 Å². The Labute approximate surface area is 104 Å². The van der Waals surface area contributed by atoms with Crippen LogP contribution in [0.5, 0.6) is 0 Å². The van der Waals surface area contributed by atoms with E-state index < -0.39 is 4.92 Å². The smallest absolute Gasteiger partial charge is 0.289 e. The van der Waals surface area contributed by atoms with Crippen molar-refractivity contribution in [2.75, 3.05) is 11.4 Å². The van der Waals surface area contributed by atoms with Crippen LogP contribution in [0.2, 0.25) is 0 Å². The van der Waals surface area contributed by atoms with E-state index in [1.807, 2.05) is 0 Å². The number of nitro benzene ring substituents is 1. The molecule has 1 heterocycles. The number of piperidine rings is 1. The zero-order valence-corrected chi connectivity index (χ0v) is 9.63. The highest BCUT2D eigenvalue weighted by molar-refractivity contribution is 5.94. The van der Waals surface area contributed by atoms with E-state index in [0.29, 0.717) is 18.7 Å². The first-order valence-corrected chi connectivity index (χ1v) is 5.62. The molecular formula is C12H11N3O3. The maximum Gasteiger partial charge on any atom is 0.289 e. The van der Waals surface area contributed by atoms with Crippen LogP contribution in [0.15, 0.2) is 18.2 Å². The van der Waals surface area contributed by atoms with E-state index in [1.165, 1.54) is 17.0 Å². The fourth-order valence-corrected chi connectivity index (χ4v) is 2.01. The molecule has 1 aromatic rings. The van der Waals surface area contributed by atoms with Gasteiger partial charge in [0.25, 0.3) is 5.69 Å². The van der Waals surface area contributed by atoms with Gasteiger partial charge in [0.1, 0.15) is 11.6 Å². The van der Waals surface area contributed by atoms with Crippen molar-refractivity contribution < 1.29 is 9.72 Å². The maximum absolute atomic E-state index is 11.7. The summed E-state index contributed by atoms with van der Waals surface area (Å²) in [6, 6.07) is 6.03. The third-order valence-corrected chi connectivity index (χ3v) is 2.93. The van der Waals surface area contributed by atoms with Crippen LogP contribution in [0.1, 0.15) is 24.8 Å². The topological polar surface area (TPSA) is 87.2 Å². The Hall–Kier alpha value is -2.42. The first-order valence-electron chi connectivity index (χ1n) is 5.62. The molecule has 0 atom stereocenters. The van der Waals surface area contributed by atoms with Crippen LogP contribution in [0.4, 0.5) is 11.4 Å². The number of nitro groups is 1. The Morgan fingerprint density at radius 1 is 1.39 bits per heavy atom. The standard InChI is InChI=1S/C12H11N3O3/c13-8-9-4-5-10(7-11(9)15(17)18)14-6-2-1-3-12(14)16/h4-5,7H,1-3,6H2. The summed E-state index contributed by atoms with van der Waals surface area (Å²) in [4.78, 5) is 23.5. The number of anilines is 1. The van der Waals surface area contributed by atoms with E-state index in [1.54, 1.807) is 12.1 Å². The summed E-state index contributed by atoms with van der Waals surface area (Å²) in [5.41, 5.74) is 0.243. The molecule has 1 saturated heterocycles. The minimum atomic E-state index is -0.601. The van der Waals surface area contributed by atoms with Crippen LogP contribution >= 0.6 is 0 Å². The molecule has 18 heavy (non-hydrogen) atoms. The lowest BCUT2D eigenvalue weighted by Gasteiger charge is -2.26. The SMILES string of the molecule is N#Cc1ccc(N2CCCCC2=O)cc1[N+](=O)[O-]. The van der Waals surface area contributed by atoms with Gasteiger partial charge in [-0.2, -0.15) is 5.26 Å². The van der Waals surface area contributed by atoms with Crippen molar-refractivity contribution >= 4 is 17.3 Å². The van der Waals surface area contributed by atoms with Crippen molar-refractivity contribution in [3.63, 3.8) is 0 Å². The molecule has 0 saturated carbocycles. The Kier molecular flexibility index (Phi) is 3.24. The van der Waals surface area contributed by atoms with Gasteiger partial charge in [-0.05, 0) is 25.0 Å². The van der Waals surface area contributed by atoms with Gasteiger partial charge in [-0.25, -0.2) is 0 Å². The molecule has 6 heteroatoms. The summed E-state index contributed by atoms with van der Waals surface area (Å²) in [6.45, 7) is 0.571. The van der Waals surface area contributed by atoms with Crippen molar-refractivity contribution in [1.29, 1.82) is 5.26 Å². The van der Waals surface area contributed by atoms with Crippen LogP contribution < -0.4 is 4.90 Å². The van der Waals surface area contributed by atoms with Crippen LogP contribution in [0, 0.1) is 21.4 Å². The molecule has 1 aromatic carbocycles. The second-order valence-corrected chi connectivity index (χ2v) is 4.07. The molecule has 0 bridgehead atoms. The first-order chi connectivity index (χ1) is 8.63. The number of amides is 1. The van der Waals surface area contributed by atoms with Gasteiger partial charge in [-0.1, -0.05) is 0 Å². The lowest BCUT2D eigenvalue weighted by atomic mass is 10.1. The van der Waals surface area contributed by atoms with E-state index in [2.05, 4.69) is 0 Å². The van der Waals surface area contributed by atoms with E-state index >= 15 is 0 Å². The normalized spacial score (nSPS) is 15.3. The van der Waals surface area contributed by atoms with Gasteiger partial charge >= 0.3 is 0 Å². The largest absolute Gasteiger partial charge is 0.312 e. The Morgan fingerprint density at radius 3 is 2.78 bits per heavy atom. The lowest BCUT2D eigenvalue weighted by molar-refractivity contribution is -0.385. The number of hydrogen-bond donors (Lipinski definition) is 0. The number of carbonyl (C=O) groups excluding carboxylic acids is 1. The number of hydrogen-bond acceptors (Lipinski definition) is 4. The monoisotopic (exact) mass is 245 g/mol. The van der Waals surface area contributed by atoms with Crippen molar-refractivity contribution in [2.24, 2.45) is 0 Å². The zero-order chi connectivity index (χ0) is 13.1. The number of rotatable bonds is 2. The molecule has 6 nitrogen and oxygen atoms in total. The van der Waals surface area contributed by atoms with Crippen molar-refractivity contribution in [3.05, 3.63) is 33.9 Å². The number of benzene rings is 1. The summed E-state index contributed by atoms with van der Waals surface area (Å²) in [7, 11) is 0. The fraction of sp³-hybridized carbons (Fsp3) is 0.333. The highest BCUT2D eigenvalue weighted by atomic mass is 16.6. The number of nitriles is 1. The van der Waals surface area contributed by atoms with Crippen LogP contribution in [0.3, 0.4) is 0 Å². The summed E-state index contributed by atoms with van der Waals surface area (Å²) in [6.07, 6.45) is 2.21. The summed E-state index contributed by atoms with van der Waals surface area (Å²) in [5.74, 6) is -0.0275. The van der Waals surface area contributed by atoms with Gasteiger partial charge in [0.05, 0.1) is 10.6 Å². The minimum Gasteiger partial charge on any atom is -0.312 e. The molecule has 0 aliphatic carbocycles. The summed E-state index contributed by atoms with van der Waals surface area (Å²) in [5, 5.41) is 19.6. The predicted molar refractivity (Wildman–Crippen MR) is 64.0 cm³/mol. The Balaban J connectivity index is 2.40. The summed E-state index contributed by atoms with van der Waals surface area (Å²) >= 11 is 0. The molecule has 0 N–H and O–H groups in total. The van der Waals surface area contributed by atoms with E-state index in [9.17, 15) is 14.9 Å². The number of carbonyl (C=O) groups is 1. The average Bonchev–Trinajstić information content (AvgIpc) is 2.38. The Bertz CT molecular complexity index is 548. The second-order valence-electron chi connectivity index (χ2n) is 4.07. The zero-order valence-electron chi connectivity index (χ0n) is 9.63. The molecule has 0 radical (unpaired) electrons. The maximum atomic E-state index is 11.7. The van der Waals surface area contributed by atoms with Gasteiger partial charge in [0, 0.05) is 19.0 Å². The second kappa shape index (κ2) is 4.84. The van der Waals surface area contributed by atoms with Crippen molar-refractivity contribution in [2.45, 2.75) is 19.3 Å². The Morgan fingerprint density at radius 2 is 2.17 bits per heavy atom. The molecule has 1 aliphatic heterocycles. The third-order valence-electron chi connectivity index (χ3n) is 2.93. The van der Waals surface area contributed by atoms with E-state index in [-0.39, 0.29) is 17.2 Å². The first kappa shape index (κ1) is 12.0. The lowest BCUT2D eigenvalue weighted by Crippen LogP contribution is -2.35. The quantitative estimate of drug-likeness (QED) is 0.588. The van der Waals surface area contributed by atoms with Crippen LogP contribution in [-0.2, 0) is 4.79 Å². The van der Waals surface area contributed by atoms with E-state index in [0.717, 1.165) is 12.8 Å². The molecule has 1 aliphatic rings. The van der Waals surface area contributed by atoms with Crippen molar-refractivity contribution in [1.82, 2.24) is 0 Å². The van der Waals surface area contributed by atoms with Gasteiger partial charge in [0.2, 0.25) is 5.91 Å². The highest BCUT2D eigenvalue weighted by Gasteiger charge is 2.22. The average molecular weight is 245 g/mol. The number of nitrogens with zero attached hydrogens (tertiary/aromatic N) is 3. The third kappa shape index (κ3) is 2.15. The molecule has 92 valence electrons. The molecule has 1 fully saturated rings. The van der Waals surface area contributed by atoms with Gasteiger partial charge < -0.3 is 4.90 Å². The summed E-state index contributed by atoms with van der Waals surface area (Å²) < 4.78 is 0. The van der Waals surface area contributed by atoms with Crippen LogP contribution in [0.25, 0.3) is 0 Å². The van der Waals surface area contributed by atoms with Gasteiger partial charge in [-0.3, -0.25) is 14.9 Å². The van der Waals surface area contributed by atoms with Gasteiger partial charge in [-0.15, -0.1) is 0 Å². The van der Waals surface area contributed by atoms with Crippen LogP contribution in [-0.4, -0.2) is 17.4 Å². The fourth-order valence-electron chi connectivity index (χ4n) is 2.01. The highest BCUT2D eigenvalue weighted by Crippen LogP contribution is 2.27. The molecule has 0 aromatic heterocycles.